The maximum absolute atomic E-state index is 14.3. The molecule has 1 saturated heterocycles. The zero-order chi connectivity index (χ0) is 21.2. The van der Waals surface area contributed by atoms with Gasteiger partial charge in [-0.05, 0) is 44.4 Å². The molecule has 1 aliphatic carbocycles. The molecule has 0 radical (unpaired) electrons. The Morgan fingerprint density at radius 2 is 1.72 bits per heavy atom. The van der Waals surface area contributed by atoms with Crippen molar-refractivity contribution in [3.05, 3.63) is 35.4 Å². The normalized spacial score (nSPS) is 24.4. The number of nitrogens with zero attached hydrogens (tertiary/aromatic N) is 1. The van der Waals surface area contributed by atoms with Crippen molar-refractivity contribution in [2.24, 2.45) is 0 Å². The van der Waals surface area contributed by atoms with Crippen LogP contribution >= 0.6 is 0 Å². The van der Waals surface area contributed by atoms with Gasteiger partial charge in [-0.3, -0.25) is 9.59 Å². The number of hydrogen-bond donors (Lipinski definition) is 2. The highest BCUT2D eigenvalue weighted by Gasteiger charge is 2.58. The summed E-state index contributed by atoms with van der Waals surface area (Å²) in [6.07, 6.45) is 0.735. The molecule has 2 N–H and O–H groups in total. The summed E-state index contributed by atoms with van der Waals surface area (Å²) in [6, 6.07) is 6.50. The first-order valence-electron chi connectivity index (χ1n) is 10.0. The molecule has 8 heteroatoms. The maximum Gasteiger partial charge on any atom is 0.352 e. The van der Waals surface area contributed by atoms with Crippen molar-refractivity contribution in [1.82, 2.24) is 10.2 Å². The predicted octanol–water partition coefficient (Wildman–Crippen LogP) is 2.49. The Hall–Kier alpha value is -2.06. The fraction of sp³-hybridized carbons (Fsp3) is 0.619. The molecule has 1 saturated carbocycles. The number of nitrogens with one attached hydrogen (secondary N) is 1. The van der Waals surface area contributed by atoms with Gasteiger partial charge >= 0.3 is 5.92 Å². The van der Waals surface area contributed by atoms with Crippen LogP contribution in [0.1, 0.15) is 55.5 Å². The summed E-state index contributed by atoms with van der Waals surface area (Å²) in [5, 5.41) is 12.3. The molecule has 3 rings (SSSR count). The minimum absolute atomic E-state index is 0.0338. The number of aliphatic hydroxyl groups is 1. The molecule has 2 aliphatic rings. The van der Waals surface area contributed by atoms with Crippen molar-refractivity contribution in [3.8, 4) is 0 Å². The van der Waals surface area contributed by atoms with E-state index < -0.39 is 17.4 Å². The summed E-state index contributed by atoms with van der Waals surface area (Å²) in [7, 11) is 0. The van der Waals surface area contributed by atoms with Crippen LogP contribution in [0, 0.1) is 0 Å². The Morgan fingerprint density at radius 3 is 2.28 bits per heavy atom. The molecule has 0 spiro atoms. The molecule has 1 aromatic rings. The van der Waals surface area contributed by atoms with Gasteiger partial charge in [0, 0.05) is 25.2 Å². The summed E-state index contributed by atoms with van der Waals surface area (Å²) < 4.78 is 34.3. The van der Waals surface area contributed by atoms with E-state index in [4.69, 9.17) is 4.74 Å². The summed E-state index contributed by atoms with van der Waals surface area (Å²) >= 11 is 0. The Labute approximate surface area is 169 Å². The van der Waals surface area contributed by atoms with Gasteiger partial charge in [0.1, 0.15) is 5.60 Å². The van der Waals surface area contributed by atoms with E-state index in [9.17, 15) is 23.5 Å². The zero-order valence-corrected chi connectivity index (χ0v) is 16.8. The number of benzene rings is 1. The summed E-state index contributed by atoms with van der Waals surface area (Å²) in [5.74, 6) is -5.42. The SMILES string of the molecule is C[C@@H]1CN(C(=O)c2ccc(CNC(=O)C(F)(F)C3(O)CCCC3)cc2)C[C@@H](C)O1. The highest BCUT2D eigenvalue weighted by atomic mass is 19.3. The van der Waals surface area contributed by atoms with Crippen LogP contribution in [0.25, 0.3) is 0 Å². The second kappa shape index (κ2) is 8.36. The molecular weight excluding hydrogens is 382 g/mol. The van der Waals surface area contributed by atoms with Crippen molar-refractivity contribution < 1.29 is 28.2 Å². The van der Waals surface area contributed by atoms with Crippen molar-refractivity contribution in [3.63, 3.8) is 0 Å². The number of rotatable bonds is 5. The van der Waals surface area contributed by atoms with Gasteiger partial charge < -0.3 is 20.1 Å². The number of morpholine rings is 1. The van der Waals surface area contributed by atoms with Crippen LogP contribution in [-0.4, -0.2) is 58.6 Å². The van der Waals surface area contributed by atoms with Gasteiger partial charge in [-0.1, -0.05) is 25.0 Å². The number of hydrogen-bond acceptors (Lipinski definition) is 4. The van der Waals surface area contributed by atoms with Gasteiger partial charge in [0.25, 0.3) is 11.8 Å². The van der Waals surface area contributed by atoms with Crippen LogP contribution < -0.4 is 5.32 Å². The lowest BCUT2D eigenvalue weighted by atomic mass is 9.93. The van der Waals surface area contributed by atoms with Crippen LogP contribution in [-0.2, 0) is 16.1 Å². The number of alkyl halides is 2. The van der Waals surface area contributed by atoms with Gasteiger partial charge in [0.15, 0.2) is 0 Å². The Balaban J connectivity index is 1.58. The number of carbonyl (C=O) groups excluding carboxylic acids is 2. The highest BCUT2D eigenvalue weighted by molar-refractivity contribution is 5.94. The summed E-state index contributed by atoms with van der Waals surface area (Å²) in [6.45, 7) is 4.75. The zero-order valence-electron chi connectivity index (χ0n) is 16.8. The first kappa shape index (κ1) is 21.6. The van der Waals surface area contributed by atoms with Crippen LogP contribution in [0.4, 0.5) is 8.78 Å². The van der Waals surface area contributed by atoms with Crippen molar-refractivity contribution in [2.45, 2.75) is 69.8 Å². The quantitative estimate of drug-likeness (QED) is 0.782. The molecule has 29 heavy (non-hydrogen) atoms. The van der Waals surface area contributed by atoms with E-state index in [0.29, 0.717) is 37.1 Å². The van der Waals surface area contributed by atoms with E-state index in [-0.39, 0.29) is 37.5 Å². The Kier molecular flexibility index (Phi) is 6.24. The average Bonchev–Trinajstić information content (AvgIpc) is 3.13. The smallest absolute Gasteiger partial charge is 0.352 e. The van der Waals surface area contributed by atoms with Gasteiger partial charge in [0.05, 0.1) is 12.2 Å². The molecule has 1 aliphatic heterocycles. The summed E-state index contributed by atoms with van der Waals surface area (Å²) in [5.41, 5.74) is -1.18. The topological polar surface area (TPSA) is 78.9 Å². The van der Waals surface area contributed by atoms with Crippen molar-refractivity contribution >= 4 is 11.8 Å². The fourth-order valence-corrected chi connectivity index (χ4v) is 4.07. The first-order chi connectivity index (χ1) is 13.6. The molecule has 2 fully saturated rings. The molecule has 2 amide bonds. The minimum Gasteiger partial charge on any atom is -0.383 e. The van der Waals surface area contributed by atoms with Gasteiger partial charge in [-0.15, -0.1) is 0 Å². The standard InChI is InChI=1S/C21H28F2N2O4/c1-14-12-25(13-15(2)29-14)18(26)17-7-5-16(6-8-17)11-24-19(27)21(22,23)20(28)9-3-4-10-20/h5-8,14-15,28H,3-4,9-13H2,1-2H3,(H,24,27)/t14-,15-/m1/s1. The predicted molar refractivity (Wildman–Crippen MR) is 103 cm³/mol. The van der Waals surface area contributed by atoms with Crippen molar-refractivity contribution in [1.29, 1.82) is 0 Å². The van der Waals surface area contributed by atoms with Crippen LogP contribution in [0.5, 0.6) is 0 Å². The van der Waals surface area contributed by atoms with Gasteiger partial charge in [-0.25, -0.2) is 0 Å². The molecule has 0 aromatic heterocycles. The number of halogens is 2. The molecular formula is C21H28F2N2O4. The van der Waals surface area contributed by atoms with E-state index in [1.54, 1.807) is 29.2 Å². The van der Waals surface area contributed by atoms with E-state index in [1.165, 1.54) is 0 Å². The Morgan fingerprint density at radius 1 is 1.17 bits per heavy atom. The lowest BCUT2D eigenvalue weighted by Gasteiger charge is -2.35. The van der Waals surface area contributed by atoms with E-state index in [1.807, 2.05) is 13.8 Å². The maximum atomic E-state index is 14.3. The minimum atomic E-state index is -3.83. The van der Waals surface area contributed by atoms with E-state index in [0.717, 1.165) is 0 Å². The average molecular weight is 410 g/mol. The van der Waals surface area contributed by atoms with E-state index >= 15 is 0 Å². The molecule has 0 unspecified atom stereocenters. The third-order valence-electron chi connectivity index (χ3n) is 5.66. The highest BCUT2D eigenvalue weighted by Crippen LogP contribution is 2.42. The number of ether oxygens (including phenoxy) is 1. The first-order valence-corrected chi connectivity index (χ1v) is 10.0. The molecule has 0 bridgehead atoms. The monoisotopic (exact) mass is 410 g/mol. The lowest BCUT2D eigenvalue weighted by molar-refractivity contribution is -0.191. The summed E-state index contributed by atoms with van der Waals surface area (Å²) in [4.78, 5) is 26.4. The molecule has 2 atom stereocenters. The Bertz CT molecular complexity index is 738. The van der Waals surface area contributed by atoms with Gasteiger partial charge in [-0.2, -0.15) is 8.78 Å². The van der Waals surface area contributed by atoms with E-state index in [2.05, 4.69) is 5.32 Å². The third kappa shape index (κ3) is 4.59. The van der Waals surface area contributed by atoms with Gasteiger partial charge in [0.2, 0.25) is 0 Å². The van der Waals surface area contributed by atoms with Crippen LogP contribution in [0.2, 0.25) is 0 Å². The number of carbonyl (C=O) groups is 2. The second-order valence-corrected chi connectivity index (χ2v) is 8.16. The lowest BCUT2D eigenvalue weighted by Crippen LogP contribution is -2.55. The molecule has 160 valence electrons. The fourth-order valence-electron chi connectivity index (χ4n) is 4.07. The third-order valence-corrected chi connectivity index (χ3v) is 5.66. The largest absolute Gasteiger partial charge is 0.383 e. The van der Waals surface area contributed by atoms with Crippen LogP contribution in [0.3, 0.4) is 0 Å². The molecule has 1 heterocycles. The van der Waals surface area contributed by atoms with Crippen LogP contribution in [0.15, 0.2) is 24.3 Å². The molecule has 1 aromatic carbocycles. The second-order valence-electron chi connectivity index (χ2n) is 8.16. The molecule has 6 nitrogen and oxygen atoms in total. The number of amides is 2. The van der Waals surface area contributed by atoms with Crippen molar-refractivity contribution in [2.75, 3.05) is 13.1 Å².